The van der Waals surface area contributed by atoms with Gasteiger partial charge in [-0.05, 0) is 51.9 Å². The lowest BCUT2D eigenvalue weighted by Crippen LogP contribution is -2.30. The fraction of sp³-hybridized carbons (Fsp3) is 1.00. The zero-order valence-electron chi connectivity index (χ0n) is 12.5. The number of hydrogen-bond donors (Lipinski definition) is 4. The fourth-order valence-electron chi connectivity index (χ4n) is 1.71. The van der Waals surface area contributed by atoms with E-state index in [-0.39, 0.29) is 0 Å². The zero-order valence-corrected chi connectivity index (χ0v) is 12.5. The van der Waals surface area contributed by atoms with Crippen molar-refractivity contribution in [3.05, 3.63) is 0 Å². The van der Waals surface area contributed by atoms with Crippen LogP contribution in [-0.2, 0) is 0 Å². The molecule has 4 N–H and O–H groups in total. The molecule has 0 aliphatic rings. The lowest BCUT2D eigenvalue weighted by atomic mass is 10.3. The molecular formula is C14H34N4. The Labute approximate surface area is 114 Å². The Morgan fingerprint density at radius 3 is 1.11 bits per heavy atom. The van der Waals surface area contributed by atoms with Crippen molar-refractivity contribution in [3.8, 4) is 0 Å². The molecule has 0 bridgehead atoms. The van der Waals surface area contributed by atoms with Crippen molar-refractivity contribution < 1.29 is 0 Å². The lowest BCUT2D eigenvalue weighted by Gasteiger charge is -2.07. The van der Waals surface area contributed by atoms with Gasteiger partial charge in [-0.2, -0.15) is 0 Å². The molecule has 0 saturated carbocycles. The molecule has 0 spiro atoms. The molecule has 0 fully saturated rings. The Balaban J connectivity index is 2.86. The summed E-state index contributed by atoms with van der Waals surface area (Å²) in [7, 11) is 0. The zero-order chi connectivity index (χ0) is 13.3. The van der Waals surface area contributed by atoms with Crippen LogP contribution in [0.3, 0.4) is 0 Å². The van der Waals surface area contributed by atoms with Gasteiger partial charge in [0.1, 0.15) is 0 Å². The molecule has 0 aromatic carbocycles. The van der Waals surface area contributed by atoms with Crippen LogP contribution >= 0.6 is 0 Å². The molecule has 0 atom stereocenters. The van der Waals surface area contributed by atoms with E-state index in [0.29, 0.717) is 0 Å². The molecule has 18 heavy (non-hydrogen) atoms. The van der Waals surface area contributed by atoms with Crippen LogP contribution in [0, 0.1) is 0 Å². The summed E-state index contributed by atoms with van der Waals surface area (Å²) >= 11 is 0. The van der Waals surface area contributed by atoms with E-state index in [0.717, 1.165) is 52.4 Å². The minimum Gasteiger partial charge on any atom is -0.315 e. The average molecular weight is 258 g/mol. The Morgan fingerprint density at radius 1 is 0.444 bits per heavy atom. The van der Waals surface area contributed by atoms with E-state index in [1.54, 1.807) is 0 Å². The van der Waals surface area contributed by atoms with E-state index in [9.17, 15) is 0 Å². The summed E-state index contributed by atoms with van der Waals surface area (Å²) in [6, 6.07) is 0. The quantitative estimate of drug-likeness (QED) is 0.330. The van der Waals surface area contributed by atoms with Gasteiger partial charge in [-0.15, -0.1) is 0 Å². The molecule has 0 amide bonds. The molecule has 0 aliphatic carbocycles. The first kappa shape index (κ1) is 17.8. The van der Waals surface area contributed by atoms with Crippen molar-refractivity contribution in [3.63, 3.8) is 0 Å². The number of nitrogens with one attached hydrogen (secondary N) is 4. The van der Waals surface area contributed by atoms with Gasteiger partial charge in [0.2, 0.25) is 0 Å². The summed E-state index contributed by atoms with van der Waals surface area (Å²) in [5.74, 6) is 0. The SMILES string of the molecule is CCCNCCNCCCCNCCNCCC. The largest absolute Gasteiger partial charge is 0.315 e. The predicted octanol–water partition coefficient (Wildman–Crippen LogP) is 0.945. The van der Waals surface area contributed by atoms with Crippen LogP contribution in [0.25, 0.3) is 0 Å². The van der Waals surface area contributed by atoms with E-state index < -0.39 is 0 Å². The lowest BCUT2D eigenvalue weighted by molar-refractivity contribution is 0.554. The normalized spacial score (nSPS) is 11.0. The second kappa shape index (κ2) is 16.8. The van der Waals surface area contributed by atoms with Crippen LogP contribution in [0.2, 0.25) is 0 Å². The summed E-state index contributed by atoms with van der Waals surface area (Å²) in [4.78, 5) is 0. The van der Waals surface area contributed by atoms with E-state index in [2.05, 4.69) is 35.1 Å². The topological polar surface area (TPSA) is 48.1 Å². The molecule has 4 heteroatoms. The van der Waals surface area contributed by atoms with Gasteiger partial charge in [-0.3, -0.25) is 0 Å². The van der Waals surface area contributed by atoms with Crippen molar-refractivity contribution in [1.82, 2.24) is 21.3 Å². The molecule has 4 nitrogen and oxygen atoms in total. The van der Waals surface area contributed by atoms with Gasteiger partial charge in [-0.25, -0.2) is 0 Å². The molecule has 0 saturated heterocycles. The van der Waals surface area contributed by atoms with Crippen molar-refractivity contribution in [1.29, 1.82) is 0 Å². The third kappa shape index (κ3) is 15.8. The van der Waals surface area contributed by atoms with Crippen molar-refractivity contribution in [2.24, 2.45) is 0 Å². The van der Waals surface area contributed by atoms with Crippen molar-refractivity contribution in [2.45, 2.75) is 39.5 Å². The highest BCUT2D eigenvalue weighted by Gasteiger charge is 1.90. The first-order chi connectivity index (χ1) is 8.91. The number of hydrogen-bond acceptors (Lipinski definition) is 4. The Morgan fingerprint density at radius 2 is 0.778 bits per heavy atom. The monoisotopic (exact) mass is 258 g/mol. The van der Waals surface area contributed by atoms with Crippen LogP contribution in [-0.4, -0.2) is 52.4 Å². The number of rotatable bonds is 15. The molecule has 0 unspecified atom stereocenters. The van der Waals surface area contributed by atoms with Crippen molar-refractivity contribution in [2.75, 3.05) is 52.4 Å². The first-order valence-electron chi connectivity index (χ1n) is 7.74. The van der Waals surface area contributed by atoms with Gasteiger partial charge < -0.3 is 21.3 Å². The van der Waals surface area contributed by atoms with Gasteiger partial charge in [-0.1, -0.05) is 13.8 Å². The Bertz CT molecular complexity index is 126. The molecule has 110 valence electrons. The molecule has 0 aromatic heterocycles. The van der Waals surface area contributed by atoms with Crippen LogP contribution in [0.4, 0.5) is 0 Å². The van der Waals surface area contributed by atoms with Crippen molar-refractivity contribution >= 4 is 0 Å². The van der Waals surface area contributed by atoms with E-state index in [1.165, 1.54) is 25.7 Å². The van der Waals surface area contributed by atoms with Crippen LogP contribution < -0.4 is 21.3 Å². The Hall–Kier alpha value is -0.160. The van der Waals surface area contributed by atoms with Gasteiger partial charge in [0.15, 0.2) is 0 Å². The molecule has 0 aliphatic heterocycles. The van der Waals surface area contributed by atoms with Crippen LogP contribution in [0.15, 0.2) is 0 Å². The van der Waals surface area contributed by atoms with Gasteiger partial charge in [0, 0.05) is 26.2 Å². The highest BCUT2D eigenvalue weighted by atomic mass is 14.9. The second-order valence-electron chi connectivity index (χ2n) is 4.71. The maximum Gasteiger partial charge on any atom is 0.00767 e. The summed E-state index contributed by atoms with van der Waals surface area (Å²) in [6.45, 7) is 13.3. The number of unbranched alkanes of at least 4 members (excludes halogenated alkanes) is 1. The fourth-order valence-corrected chi connectivity index (χ4v) is 1.71. The maximum atomic E-state index is 3.46. The molecule has 0 rings (SSSR count). The predicted molar refractivity (Wildman–Crippen MR) is 81.3 cm³/mol. The highest BCUT2D eigenvalue weighted by Crippen LogP contribution is 1.83. The minimum absolute atomic E-state index is 1.09. The first-order valence-corrected chi connectivity index (χ1v) is 7.74. The average Bonchev–Trinajstić information content (AvgIpc) is 2.39. The van der Waals surface area contributed by atoms with E-state index in [4.69, 9.17) is 0 Å². The summed E-state index contributed by atoms with van der Waals surface area (Å²) in [5.41, 5.74) is 0. The second-order valence-corrected chi connectivity index (χ2v) is 4.71. The third-order valence-corrected chi connectivity index (χ3v) is 2.77. The van der Waals surface area contributed by atoms with Gasteiger partial charge in [0.25, 0.3) is 0 Å². The molecule has 0 heterocycles. The highest BCUT2D eigenvalue weighted by molar-refractivity contribution is 4.55. The third-order valence-electron chi connectivity index (χ3n) is 2.77. The maximum absolute atomic E-state index is 3.46. The molecule has 0 radical (unpaired) electrons. The summed E-state index contributed by atoms with van der Waals surface area (Å²) in [6.07, 6.45) is 4.98. The Kier molecular flexibility index (Phi) is 16.7. The molecule has 0 aromatic rings. The van der Waals surface area contributed by atoms with Gasteiger partial charge >= 0.3 is 0 Å². The molecular weight excluding hydrogens is 224 g/mol. The van der Waals surface area contributed by atoms with E-state index >= 15 is 0 Å². The van der Waals surface area contributed by atoms with Crippen LogP contribution in [0.1, 0.15) is 39.5 Å². The van der Waals surface area contributed by atoms with E-state index in [1.807, 2.05) is 0 Å². The smallest absolute Gasteiger partial charge is 0.00767 e. The standard InChI is InChI=1S/C14H34N4/c1-3-7-15-11-13-17-9-5-6-10-18-14-12-16-8-4-2/h15-18H,3-14H2,1-2H3. The van der Waals surface area contributed by atoms with Crippen LogP contribution in [0.5, 0.6) is 0 Å². The summed E-state index contributed by atoms with van der Waals surface area (Å²) in [5, 5.41) is 13.7. The summed E-state index contributed by atoms with van der Waals surface area (Å²) < 4.78 is 0. The van der Waals surface area contributed by atoms with Gasteiger partial charge in [0.05, 0.1) is 0 Å². The minimum atomic E-state index is 1.09.